The summed E-state index contributed by atoms with van der Waals surface area (Å²) in [5.41, 5.74) is 3.40. The molecule has 0 aliphatic carbocycles. The van der Waals surface area contributed by atoms with Crippen LogP contribution in [0.4, 0.5) is 0 Å². The first kappa shape index (κ1) is 18.8. The minimum Gasteiger partial charge on any atom is -0.459 e. The second-order valence-corrected chi connectivity index (χ2v) is 6.51. The number of amides is 2. The minimum absolute atomic E-state index is 0.231. The van der Waals surface area contributed by atoms with Gasteiger partial charge in [0.25, 0.3) is 11.8 Å². The Kier molecular flexibility index (Phi) is 5.66. The van der Waals surface area contributed by atoms with E-state index in [1.165, 1.54) is 6.26 Å². The van der Waals surface area contributed by atoms with Crippen LogP contribution in [0.15, 0.2) is 53.1 Å². The predicted molar refractivity (Wildman–Crippen MR) is 104 cm³/mol. The fourth-order valence-electron chi connectivity index (χ4n) is 2.84. The van der Waals surface area contributed by atoms with Gasteiger partial charge in [0.05, 0.1) is 16.8 Å². The topological polar surface area (TPSA) is 76.3 Å². The van der Waals surface area contributed by atoms with E-state index < -0.39 is 0 Å². The zero-order chi connectivity index (χ0) is 19.4. The highest BCUT2D eigenvalue weighted by atomic mass is 35.5. The van der Waals surface area contributed by atoms with Crippen LogP contribution in [-0.2, 0) is 0 Å². The van der Waals surface area contributed by atoms with Crippen LogP contribution in [0.5, 0.6) is 0 Å². The maximum atomic E-state index is 12.5. The molecule has 2 N–H and O–H groups in total. The fourth-order valence-corrected chi connectivity index (χ4v) is 3.05. The number of halogens is 1. The number of nitrogens with zero attached hydrogens (tertiary/aromatic N) is 1. The zero-order valence-electron chi connectivity index (χ0n) is 15.1. The first-order valence-corrected chi connectivity index (χ1v) is 8.90. The molecule has 0 spiro atoms. The SMILES string of the molecule is Cc1ccc(C)n1-c1ccc(Cl)c(C(=O)NCCNC(=O)c2ccco2)c1. The summed E-state index contributed by atoms with van der Waals surface area (Å²) < 4.78 is 7.06. The van der Waals surface area contributed by atoms with Gasteiger partial charge in [0.1, 0.15) is 0 Å². The van der Waals surface area contributed by atoms with Crippen molar-refractivity contribution in [2.45, 2.75) is 13.8 Å². The Hall–Kier alpha value is -2.99. The summed E-state index contributed by atoms with van der Waals surface area (Å²) in [6, 6.07) is 12.6. The lowest BCUT2D eigenvalue weighted by molar-refractivity contribution is 0.0910. The molecule has 2 amide bonds. The standard InChI is InChI=1S/C20H20ClN3O3/c1-13-5-6-14(2)24(13)15-7-8-17(21)16(12-15)19(25)22-9-10-23-20(26)18-4-3-11-27-18/h3-8,11-12H,9-10H2,1-2H3,(H,22,25)(H,23,26). The molecule has 140 valence electrons. The van der Waals surface area contributed by atoms with Crippen molar-refractivity contribution in [3.8, 4) is 5.69 Å². The Morgan fingerprint density at radius 3 is 2.30 bits per heavy atom. The van der Waals surface area contributed by atoms with Crippen molar-refractivity contribution in [2.24, 2.45) is 0 Å². The van der Waals surface area contributed by atoms with Crippen LogP contribution in [0.2, 0.25) is 5.02 Å². The average molecular weight is 386 g/mol. The van der Waals surface area contributed by atoms with Crippen molar-refractivity contribution < 1.29 is 14.0 Å². The number of benzene rings is 1. The van der Waals surface area contributed by atoms with Gasteiger partial charge in [-0.25, -0.2) is 0 Å². The molecule has 0 aliphatic heterocycles. The minimum atomic E-state index is -0.326. The first-order chi connectivity index (χ1) is 13.0. The summed E-state index contributed by atoms with van der Waals surface area (Å²) in [6.07, 6.45) is 1.43. The fraction of sp³-hybridized carbons (Fsp3) is 0.200. The van der Waals surface area contributed by atoms with E-state index in [0.717, 1.165) is 17.1 Å². The molecule has 3 aromatic rings. The van der Waals surface area contributed by atoms with Crippen molar-refractivity contribution in [1.82, 2.24) is 15.2 Å². The van der Waals surface area contributed by atoms with Crippen LogP contribution < -0.4 is 10.6 Å². The molecule has 0 radical (unpaired) electrons. The quantitative estimate of drug-likeness (QED) is 0.637. The van der Waals surface area contributed by atoms with Crippen LogP contribution in [0.1, 0.15) is 32.3 Å². The molecule has 0 fully saturated rings. The third-order valence-electron chi connectivity index (χ3n) is 4.17. The number of aromatic nitrogens is 1. The highest BCUT2D eigenvalue weighted by Crippen LogP contribution is 2.23. The van der Waals surface area contributed by atoms with Gasteiger partial charge in [-0.15, -0.1) is 0 Å². The molecule has 2 aromatic heterocycles. The number of hydrogen-bond donors (Lipinski definition) is 2. The molecule has 0 aliphatic rings. The lowest BCUT2D eigenvalue weighted by Gasteiger charge is -2.13. The Bertz CT molecular complexity index is 942. The number of carbonyl (C=O) groups is 2. The van der Waals surface area contributed by atoms with Crippen LogP contribution >= 0.6 is 11.6 Å². The molecule has 27 heavy (non-hydrogen) atoms. The maximum absolute atomic E-state index is 12.5. The van der Waals surface area contributed by atoms with Crippen LogP contribution in [0, 0.1) is 13.8 Å². The Morgan fingerprint density at radius 2 is 1.67 bits per heavy atom. The molecule has 1 aromatic carbocycles. The van der Waals surface area contributed by atoms with E-state index in [1.807, 2.05) is 32.0 Å². The normalized spacial score (nSPS) is 10.6. The maximum Gasteiger partial charge on any atom is 0.287 e. The van der Waals surface area contributed by atoms with Gasteiger partial charge >= 0.3 is 0 Å². The van der Waals surface area contributed by atoms with Crippen LogP contribution in [0.25, 0.3) is 5.69 Å². The monoisotopic (exact) mass is 385 g/mol. The van der Waals surface area contributed by atoms with Gasteiger partial charge in [-0.05, 0) is 56.3 Å². The predicted octanol–water partition coefficient (Wildman–Crippen LogP) is 3.50. The van der Waals surface area contributed by atoms with E-state index in [2.05, 4.69) is 15.2 Å². The van der Waals surface area contributed by atoms with Crippen molar-refractivity contribution in [3.63, 3.8) is 0 Å². The summed E-state index contributed by atoms with van der Waals surface area (Å²) >= 11 is 6.21. The molecule has 6 nitrogen and oxygen atoms in total. The smallest absolute Gasteiger partial charge is 0.287 e. The van der Waals surface area contributed by atoms with Gasteiger partial charge in [0, 0.05) is 30.2 Å². The third-order valence-corrected chi connectivity index (χ3v) is 4.49. The molecule has 7 heteroatoms. The van der Waals surface area contributed by atoms with Gasteiger partial charge in [0.15, 0.2) is 5.76 Å². The summed E-state index contributed by atoms with van der Waals surface area (Å²) in [5.74, 6) is -0.390. The lowest BCUT2D eigenvalue weighted by atomic mass is 10.1. The summed E-state index contributed by atoms with van der Waals surface area (Å²) in [5, 5.41) is 5.81. The number of nitrogens with one attached hydrogen (secondary N) is 2. The van der Waals surface area contributed by atoms with E-state index in [4.69, 9.17) is 16.0 Å². The molecular formula is C20H20ClN3O3. The zero-order valence-corrected chi connectivity index (χ0v) is 15.8. The third kappa shape index (κ3) is 4.23. The van der Waals surface area contributed by atoms with Gasteiger partial charge in [-0.2, -0.15) is 0 Å². The van der Waals surface area contributed by atoms with Crippen molar-refractivity contribution in [2.75, 3.05) is 13.1 Å². The largest absolute Gasteiger partial charge is 0.459 e. The van der Waals surface area contributed by atoms with E-state index >= 15 is 0 Å². The van der Waals surface area contributed by atoms with Gasteiger partial charge in [-0.3, -0.25) is 9.59 Å². The van der Waals surface area contributed by atoms with E-state index in [-0.39, 0.29) is 30.7 Å². The average Bonchev–Trinajstić information content (AvgIpc) is 3.29. The number of hydrogen-bond acceptors (Lipinski definition) is 3. The highest BCUT2D eigenvalue weighted by Gasteiger charge is 2.13. The highest BCUT2D eigenvalue weighted by molar-refractivity contribution is 6.33. The van der Waals surface area contributed by atoms with Gasteiger partial charge < -0.3 is 19.6 Å². The molecule has 0 saturated carbocycles. The summed E-state index contributed by atoms with van der Waals surface area (Å²) in [7, 11) is 0. The van der Waals surface area contributed by atoms with Crippen molar-refractivity contribution in [3.05, 3.63) is 76.5 Å². The van der Waals surface area contributed by atoms with Crippen LogP contribution in [0.3, 0.4) is 0 Å². The first-order valence-electron chi connectivity index (χ1n) is 8.52. The molecule has 0 saturated heterocycles. The molecule has 0 unspecified atom stereocenters. The van der Waals surface area contributed by atoms with Gasteiger partial charge in [0.2, 0.25) is 0 Å². The molecular weight excluding hydrogens is 366 g/mol. The van der Waals surface area contributed by atoms with Gasteiger partial charge in [-0.1, -0.05) is 11.6 Å². The van der Waals surface area contributed by atoms with Crippen molar-refractivity contribution in [1.29, 1.82) is 0 Å². The summed E-state index contributed by atoms with van der Waals surface area (Å²) in [4.78, 5) is 24.3. The lowest BCUT2D eigenvalue weighted by Crippen LogP contribution is -2.34. The number of carbonyl (C=O) groups excluding carboxylic acids is 2. The summed E-state index contributed by atoms with van der Waals surface area (Å²) in [6.45, 7) is 4.55. The van der Waals surface area contributed by atoms with E-state index in [0.29, 0.717) is 10.6 Å². The van der Waals surface area contributed by atoms with E-state index in [9.17, 15) is 9.59 Å². The second-order valence-electron chi connectivity index (χ2n) is 6.10. The van der Waals surface area contributed by atoms with Crippen LogP contribution in [-0.4, -0.2) is 29.5 Å². The molecule has 2 heterocycles. The second kappa shape index (κ2) is 8.14. The molecule has 3 rings (SSSR count). The Labute approximate surface area is 162 Å². The van der Waals surface area contributed by atoms with Crippen molar-refractivity contribution >= 4 is 23.4 Å². The molecule has 0 atom stereocenters. The van der Waals surface area contributed by atoms with E-state index in [1.54, 1.807) is 24.3 Å². The Morgan fingerprint density at radius 1 is 1.00 bits per heavy atom. The molecule has 0 bridgehead atoms. The number of aryl methyl sites for hydroxylation is 2. The Balaban J connectivity index is 1.63. The number of furan rings is 1. The number of rotatable bonds is 6.